The van der Waals surface area contributed by atoms with E-state index in [0.717, 1.165) is 6.08 Å². The SMILES string of the molecule is C=CC(N[C@@H](CCSC)C(=O)O)P(=O)(O)O. The van der Waals surface area contributed by atoms with Crippen LogP contribution in [0.4, 0.5) is 0 Å². The first kappa shape index (κ1) is 15.7. The van der Waals surface area contributed by atoms with Gasteiger partial charge in [0.2, 0.25) is 0 Å². The summed E-state index contributed by atoms with van der Waals surface area (Å²) in [6.45, 7) is 3.27. The van der Waals surface area contributed by atoms with Crippen LogP contribution in [0, 0.1) is 0 Å². The largest absolute Gasteiger partial charge is 0.480 e. The molecule has 1 unspecified atom stereocenters. The number of rotatable bonds is 8. The molecule has 0 aliphatic heterocycles. The molecule has 0 bridgehead atoms. The lowest BCUT2D eigenvalue weighted by Crippen LogP contribution is -2.42. The van der Waals surface area contributed by atoms with Crippen molar-refractivity contribution in [1.29, 1.82) is 0 Å². The molecule has 0 aromatic carbocycles. The molecule has 0 spiro atoms. The first-order valence-electron chi connectivity index (χ1n) is 4.48. The van der Waals surface area contributed by atoms with E-state index in [-0.39, 0.29) is 0 Å². The molecule has 0 aromatic rings. The molecule has 0 saturated carbocycles. The average Bonchev–Trinajstić information content (AvgIpc) is 2.15. The number of carboxylic acids is 1. The zero-order valence-electron chi connectivity index (χ0n) is 8.87. The summed E-state index contributed by atoms with van der Waals surface area (Å²) < 4.78 is 11.0. The van der Waals surface area contributed by atoms with Crippen LogP contribution in [0.1, 0.15) is 6.42 Å². The van der Waals surface area contributed by atoms with Gasteiger partial charge in [0.05, 0.1) is 0 Å². The van der Waals surface area contributed by atoms with Gasteiger partial charge in [-0.1, -0.05) is 6.08 Å². The van der Waals surface area contributed by atoms with Gasteiger partial charge in [0.25, 0.3) is 0 Å². The van der Waals surface area contributed by atoms with Crippen molar-refractivity contribution >= 4 is 25.3 Å². The van der Waals surface area contributed by atoms with Crippen molar-refractivity contribution in [3.8, 4) is 0 Å². The quantitative estimate of drug-likeness (QED) is 0.375. The van der Waals surface area contributed by atoms with Crippen molar-refractivity contribution in [1.82, 2.24) is 5.32 Å². The van der Waals surface area contributed by atoms with Gasteiger partial charge in [-0.3, -0.25) is 14.7 Å². The standard InChI is InChI=1S/C8H16NO5PS/c1-3-7(15(12,13)14)9-6(8(10)11)4-5-16-2/h3,6-7,9H,1,4-5H2,2H3,(H,10,11)(H2,12,13,14)/t6-,7?/m0/s1. The second kappa shape index (κ2) is 7.09. The van der Waals surface area contributed by atoms with Crippen LogP contribution in [0.3, 0.4) is 0 Å². The lowest BCUT2D eigenvalue weighted by Gasteiger charge is -2.21. The van der Waals surface area contributed by atoms with E-state index < -0.39 is 25.4 Å². The van der Waals surface area contributed by atoms with Crippen LogP contribution >= 0.6 is 19.4 Å². The molecule has 0 rings (SSSR count). The van der Waals surface area contributed by atoms with Gasteiger partial charge in [-0.25, -0.2) is 0 Å². The van der Waals surface area contributed by atoms with Crippen molar-refractivity contribution in [2.45, 2.75) is 18.2 Å². The molecule has 0 saturated heterocycles. The number of thioether (sulfide) groups is 1. The Morgan fingerprint density at radius 1 is 1.62 bits per heavy atom. The number of carbonyl (C=O) groups is 1. The summed E-state index contributed by atoms with van der Waals surface area (Å²) in [4.78, 5) is 28.7. The van der Waals surface area contributed by atoms with E-state index in [1.54, 1.807) is 0 Å². The Balaban J connectivity index is 4.53. The van der Waals surface area contributed by atoms with E-state index in [0.29, 0.717) is 12.2 Å². The van der Waals surface area contributed by atoms with Crippen LogP contribution in [0.5, 0.6) is 0 Å². The van der Waals surface area contributed by atoms with E-state index in [1.165, 1.54) is 11.8 Å². The Kier molecular flexibility index (Phi) is 6.94. The van der Waals surface area contributed by atoms with Gasteiger partial charge in [-0.05, 0) is 18.4 Å². The van der Waals surface area contributed by atoms with Crippen molar-refractivity contribution < 1.29 is 24.3 Å². The summed E-state index contributed by atoms with van der Waals surface area (Å²) in [5.74, 6) is -1.86. The fraction of sp³-hybridized carbons (Fsp3) is 0.625. The molecule has 8 heteroatoms. The Morgan fingerprint density at radius 3 is 2.50 bits per heavy atom. The van der Waals surface area contributed by atoms with E-state index in [4.69, 9.17) is 14.9 Å². The van der Waals surface area contributed by atoms with Crippen LogP contribution in [-0.2, 0) is 9.36 Å². The van der Waals surface area contributed by atoms with Gasteiger partial charge < -0.3 is 14.9 Å². The third kappa shape index (κ3) is 5.67. The first-order chi connectivity index (χ1) is 7.32. The first-order valence-corrected chi connectivity index (χ1v) is 7.56. The Labute approximate surface area is 98.3 Å². The normalized spacial score (nSPS) is 15.4. The lowest BCUT2D eigenvalue weighted by atomic mass is 10.2. The second-order valence-electron chi connectivity index (χ2n) is 3.11. The predicted octanol–water partition coefficient (Wildman–Crippen LogP) is 0.472. The van der Waals surface area contributed by atoms with Gasteiger partial charge in [0.1, 0.15) is 11.8 Å². The molecule has 0 heterocycles. The van der Waals surface area contributed by atoms with Crippen LogP contribution in [0.15, 0.2) is 12.7 Å². The second-order valence-corrected chi connectivity index (χ2v) is 5.83. The summed E-state index contributed by atoms with van der Waals surface area (Å²) in [5.41, 5.74) is 0. The maximum atomic E-state index is 11.0. The van der Waals surface area contributed by atoms with E-state index in [9.17, 15) is 9.36 Å². The minimum atomic E-state index is -4.40. The molecular formula is C8H16NO5PS. The zero-order chi connectivity index (χ0) is 12.8. The van der Waals surface area contributed by atoms with Crippen molar-refractivity contribution in [2.24, 2.45) is 0 Å². The molecule has 0 fully saturated rings. The van der Waals surface area contributed by atoms with Gasteiger partial charge in [0, 0.05) is 0 Å². The number of carboxylic acid groups (broad SMARTS) is 1. The van der Waals surface area contributed by atoms with Crippen molar-refractivity contribution in [3.63, 3.8) is 0 Å². The number of aliphatic carboxylic acids is 1. The number of hydrogen-bond acceptors (Lipinski definition) is 4. The monoisotopic (exact) mass is 269 g/mol. The third-order valence-electron chi connectivity index (χ3n) is 1.87. The minimum Gasteiger partial charge on any atom is -0.480 e. The highest BCUT2D eigenvalue weighted by atomic mass is 32.2. The fourth-order valence-corrected chi connectivity index (χ4v) is 2.14. The molecule has 94 valence electrons. The lowest BCUT2D eigenvalue weighted by molar-refractivity contribution is -0.139. The molecular weight excluding hydrogens is 253 g/mol. The Hall–Kier alpha value is -0.330. The highest BCUT2D eigenvalue weighted by Crippen LogP contribution is 2.40. The molecule has 0 amide bonds. The summed E-state index contributed by atoms with van der Waals surface area (Å²) in [6.07, 6.45) is 3.14. The molecule has 0 radical (unpaired) electrons. The van der Waals surface area contributed by atoms with Gasteiger partial charge >= 0.3 is 13.6 Å². The average molecular weight is 269 g/mol. The molecule has 0 aliphatic rings. The molecule has 0 aromatic heterocycles. The highest BCUT2D eigenvalue weighted by Gasteiger charge is 2.30. The van der Waals surface area contributed by atoms with Crippen LogP contribution in [0.2, 0.25) is 0 Å². The highest BCUT2D eigenvalue weighted by molar-refractivity contribution is 7.98. The summed E-state index contributed by atoms with van der Waals surface area (Å²) in [5, 5.41) is 11.2. The van der Waals surface area contributed by atoms with Gasteiger partial charge in [-0.15, -0.1) is 6.58 Å². The maximum Gasteiger partial charge on any atom is 0.346 e. The molecule has 16 heavy (non-hydrogen) atoms. The minimum absolute atomic E-state index is 0.292. The summed E-state index contributed by atoms with van der Waals surface area (Å²) in [6, 6.07) is -0.983. The van der Waals surface area contributed by atoms with Gasteiger partial charge in [0.15, 0.2) is 0 Å². The Bertz CT molecular complexity index is 292. The number of hydrogen-bond donors (Lipinski definition) is 4. The topological polar surface area (TPSA) is 107 Å². The van der Waals surface area contributed by atoms with Crippen LogP contribution in [-0.4, -0.2) is 44.7 Å². The van der Waals surface area contributed by atoms with Crippen molar-refractivity contribution in [3.05, 3.63) is 12.7 Å². The molecule has 6 nitrogen and oxygen atoms in total. The fourth-order valence-electron chi connectivity index (χ4n) is 1.02. The maximum absolute atomic E-state index is 11.0. The molecule has 0 aliphatic carbocycles. The molecule has 4 N–H and O–H groups in total. The van der Waals surface area contributed by atoms with Crippen LogP contribution < -0.4 is 5.32 Å². The summed E-state index contributed by atoms with van der Waals surface area (Å²) >= 11 is 1.47. The summed E-state index contributed by atoms with van der Waals surface area (Å²) in [7, 11) is -4.40. The van der Waals surface area contributed by atoms with Crippen molar-refractivity contribution in [2.75, 3.05) is 12.0 Å². The zero-order valence-corrected chi connectivity index (χ0v) is 10.6. The predicted molar refractivity (Wildman–Crippen MR) is 63.6 cm³/mol. The molecule has 2 atom stereocenters. The van der Waals surface area contributed by atoms with Crippen LogP contribution in [0.25, 0.3) is 0 Å². The van der Waals surface area contributed by atoms with Gasteiger partial charge in [-0.2, -0.15) is 11.8 Å². The third-order valence-corrected chi connectivity index (χ3v) is 3.59. The van der Waals surface area contributed by atoms with E-state index in [2.05, 4.69) is 11.9 Å². The smallest absolute Gasteiger partial charge is 0.346 e. The Morgan fingerprint density at radius 2 is 2.19 bits per heavy atom. The van der Waals surface area contributed by atoms with E-state index >= 15 is 0 Å². The number of nitrogens with one attached hydrogen (secondary N) is 1. The van der Waals surface area contributed by atoms with E-state index in [1.807, 2.05) is 6.26 Å².